The van der Waals surface area contributed by atoms with Gasteiger partial charge in [0.2, 0.25) is 10.0 Å². The number of hydrogen-bond acceptors (Lipinski definition) is 4. The Hall–Kier alpha value is -0.410. The molecule has 0 saturated carbocycles. The Morgan fingerprint density at radius 1 is 1.55 bits per heavy atom. The smallest absolute Gasteiger partial charge is 0.245 e. The molecule has 0 spiro atoms. The van der Waals surface area contributed by atoms with E-state index in [0.29, 0.717) is 9.67 Å². The van der Waals surface area contributed by atoms with Gasteiger partial charge in [0.15, 0.2) is 0 Å². The maximum Gasteiger partial charge on any atom is 0.245 e. The van der Waals surface area contributed by atoms with Crippen molar-refractivity contribution >= 4 is 48.9 Å². The van der Waals surface area contributed by atoms with E-state index >= 15 is 0 Å². The first kappa shape index (κ1) is 16.0. The van der Waals surface area contributed by atoms with Crippen molar-refractivity contribution in [1.29, 1.82) is 0 Å². The lowest BCUT2D eigenvalue weighted by Gasteiger charge is -2.15. The summed E-state index contributed by atoms with van der Waals surface area (Å²) in [5, 5.41) is 4.03. The van der Waals surface area contributed by atoms with Gasteiger partial charge in [-0.25, -0.2) is 8.42 Å². The van der Waals surface area contributed by atoms with Gasteiger partial charge >= 0.3 is 0 Å². The molecule has 0 radical (unpaired) electrons. The quantitative estimate of drug-likeness (QED) is 0.728. The van der Waals surface area contributed by atoms with Crippen molar-refractivity contribution in [2.24, 2.45) is 7.05 Å². The minimum Gasteiger partial charge on any atom is -0.275 e. The van der Waals surface area contributed by atoms with Gasteiger partial charge in [-0.1, -0.05) is 0 Å². The van der Waals surface area contributed by atoms with Crippen LogP contribution in [0.25, 0.3) is 0 Å². The molecular formula is C11H13BrClN3O2S2. The van der Waals surface area contributed by atoms with Crippen molar-refractivity contribution in [3.63, 3.8) is 0 Å². The van der Waals surface area contributed by atoms with Gasteiger partial charge in [0.25, 0.3) is 0 Å². The Bertz CT molecular complexity index is 711. The first-order valence-electron chi connectivity index (χ1n) is 5.62. The van der Waals surface area contributed by atoms with Gasteiger partial charge in [-0.3, -0.25) is 4.68 Å². The summed E-state index contributed by atoms with van der Waals surface area (Å²) >= 11 is 10.4. The fourth-order valence-electron chi connectivity index (χ4n) is 1.70. The molecule has 0 fully saturated rings. The third-order valence-electron chi connectivity index (χ3n) is 2.69. The van der Waals surface area contributed by atoms with Crippen molar-refractivity contribution in [2.75, 3.05) is 7.05 Å². The number of aromatic nitrogens is 2. The molecule has 2 heterocycles. The lowest BCUT2D eigenvalue weighted by Crippen LogP contribution is -2.26. The fraction of sp³-hybridized carbons (Fsp3) is 0.364. The van der Waals surface area contributed by atoms with Crippen LogP contribution >= 0.6 is 38.9 Å². The SMILES string of the molecule is CN(Cc1cnn(C)c1)S(=O)(=O)c1cc(CCl)sc1Br. The molecule has 9 heteroatoms. The summed E-state index contributed by atoms with van der Waals surface area (Å²) in [7, 11) is -0.206. The second kappa shape index (κ2) is 6.15. The van der Waals surface area contributed by atoms with Crippen molar-refractivity contribution in [1.82, 2.24) is 14.1 Å². The van der Waals surface area contributed by atoms with Crippen molar-refractivity contribution in [2.45, 2.75) is 17.3 Å². The van der Waals surface area contributed by atoms with Crippen LogP contribution in [0.5, 0.6) is 0 Å². The van der Waals surface area contributed by atoms with Crippen LogP contribution < -0.4 is 0 Å². The maximum absolute atomic E-state index is 12.5. The van der Waals surface area contributed by atoms with E-state index in [1.165, 1.54) is 15.6 Å². The van der Waals surface area contributed by atoms with E-state index in [4.69, 9.17) is 11.6 Å². The predicted molar refractivity (Wildman–Crippen MR) is 83.4 cm³/mol. The molecule has 0 aliphatic carbocycles. The third-order valence-corrected chi connectivity index (χ3v) is 7.19. The van der Waals surface area contributed by atoms with E-state index in [0.717, 1.165) is 10.4 Å². The van der Waals surface area contributed by atoms with Gasteiger partial charge in [0.05, 0.1) is 15.9 Å². The van der Waals surface area contributed by atoms with Crippen LogP contribution in [0.4, 0.5) is 0 Å². The Morgan fingerprint density at radius 2 is 2.25 bits per heavy atom. The van der Waals surface area contributed by atoms with Gasteiger partial charge in [0.1, 0.15) is 4.90 Å². The number of nitrogens with zero attached hydrogens (tertiary/aromatic N) is 3. The number of sulfonamides is 1. The van der Waals surface area contributed by atoms with E-state index < -0.39 is 10.0 Å². The molecular weight excluding hydrogens is 386 g/mol. The zero-order valence-electron chi connectivity index (χ0n) is 10.9. The average molecular weight is 399 g/mol. The monoisotopic (exact) mass is 397 g/mol. The van der Waals surface area contributed by atoms with Gasteiger partial charge in [-0.05, 0) is 22.0 Å². The standard InChI is InChI=1S/C11H13BrClN3O2S2/c1-15-6-8(5-14-15)7-16(2)20(17,18)10-3-9(4-13)19-11(10)12/h3,5-6H,4,7H2,1-2H3. The summed E-state index contributed by atoms with van der Waals surface area (Å²) in [6.45, 7) is 0.272. The second-order valence-electron chi connectivity index (χ2n) is 4.27. The highest BCUT2D eigenvalue weighted by atomic mass is 79.9. The molecule has 0 aliphatic rings. The summed E-state index contributed by atoms with van der Waals surface area (Å²) in [6.07, 6.45) is 3.44. The lowest BCUT2D eigenvalue weighted by atomic mass is 10.4. The maximum atomic E-state index is 12.5. The highest BCUT2D eigenvalue weighted by Gasteiger charge is 2.26. The van der Waals surface area contributed by atoms with Crippen molar-refractivity contribution in [3.05, 3.63) is 32.7 Å². The van der Waals surface area contributed by atoms with Crippen LogP contribution in [0.3, 0.4) is 0 Å². The summed E-state index contributed by atoms with van der Waals surface area (Å²) in [4.78, 5) is 1.07. The first-order chi connectivity index (χ1) is 9.34. The largest absolute Gasteiger partial charge is 0.275 e. The summed E-state index contributed by atoms with van der Waals surface area (Å²) in [5.41, 5.74) is 0.836. The van der Waals surface area contributed by atoms with Crippen molar-refractivity contribution in [3.8, 4) is 0 Å². The molecule has 0 atom stereocenters. The van der Waals surface area contributed by atoms with Crippen LogP contribution in [-0.4, -0.2) is 29.6 Å². The average Bonchev–Trinajstić information content (AvgIpc) is 2.95. The van der Waals surface area contributed by atoms with Gasteiger partial charge < -0.3 is 0 Å². The van der Waals surface area contributed by atoms with Gasteiger partial charge in [-0.2, -0.15) is 9.40 Å². The molecule has 0 aliphatic heterocycles. The summed E-state index contributed by atoms with van der Waals surface area (Å²) in [6, 6.07) is 1.61. The summed E-state index contributed by atoms with van der Waals surface area (Å²) < 4.78 is 28.6. The van der Waals surface area contributed by atoms with Crippen LogP contribution in [0.15, 0.2) is 27.1 Å². The number of aryl methyl sites for hydroxylation is 1. The molecule has 2 rings (SSSR count). The van der Waals surface area contributed by atoms with E-state index in [2.05, 4.69) is 21.0 Å². The molecule has 5 nitrogen and oxygen atoms in total. The zero-order valence-corrected chi connectivity index (χ0v) is 14.9. The minimum absolute atomic E-state index is 0.254. The second-order valence-corrected chi connectivity index (χ2v) is 9.00. The van der Waals surface area contributed by atoms with Gasteiger partial charge in [-0.15, -0.1) is 22.9 Å². The minimum atomic E-state index is -3.55. The predicted octanol–water partition coefficient (Wildman–Crippen LogP) is 2.80. The molecule has 20 heavy (non-hydrogen) atoms. The summed E-state index contributed by atoms with van der Waals surface area (Å²) in [5.74, 6) is 0.297. The van der Waals surface area contributed by atoms with E-state index in [9.17, 15) is 8.42 Å². The first-order valence-corrected chi connectivity index (χ1v) is 9.21. The number of halogens is 2. The van der Waals surface area contributed by atoms with Crippen LogP contribution in [0.2, 0.25) is 0 Å². The van der Waals surface area contributed by atoms with Crippen LogP contribution in [-0.2, 0) is 29.5 Å². The van der Waals surface area contributed by atoms with E-state index in [1.54, 1.807) is 37.2 Å². The molecule has 110 valence electrons. The number of rotatable bonds is 5. The van der Waals surface area contributed by atoms with Crippen LogP contribution in [0, 0.1) is 0 Å². The molecule has 0 aromatic carbocycles. The number of thiophene rings is 1. The zero-order chi connectivity index (χ0) is 14.9. The highest BCUT2D eigenvalue weighted by Crippen LogP contribution is 2.34. The van der Waals surface area contributed by atoms with Gasteiger partial charge in [0, 0.05) is 37.3 Å². The Balaban J connectivity index is 2.26. The van der Waals surface area contributed by atoms with E-state index in [1.807, 2.05) is 0 Å². The topological polar surface area (TPSA) is 55.2 Å². The van der Waals surface area contributed by atoms with Crippen LogP contribution in [0.1, 0.15) is 10.4 Å². The Morgan fingerprint density at radius 3 is 2.75 bits per heavy atom. The van der Waals surface area contributed by atoms with E-state index in [-0.39, 0.29) is 11.4 Å². The lowest BCUT2D eigenvalue weighted by molar-refractivity contribution is 0.466. The Labute approximate surface area is 135 Å². The highest BCUT2D eigenvalue weighted by molar-refractivity contribution is 9.11. The third kappa shape index (κ3) is 3.25. The van der Waals surface area contributed by atoms with Crippen molar-refractivity contribution < 1.29 is 8.42 Å². The molecule has 0 bridgehead atoms. The number of hydrogen-bond donors (Lipinski definition) is 0. The normalized spacial score (nSPS) is 12.2. The molecule has 2 aromatic rings. The Kier molecular flexibility index (Phi) is 4.91. The fourth-order valence-corrected chi connectivity index (χ4v) is 5.58. The molecule has 0 amide bonds. The molecule has 0 saturated heterocycles. The molecule has 2 aromatic heterocycles. The molecule has 0 N–H and O–H groups in total. The number of alkyl halides is 1. The molecule has 0 unspecified atom stereocenters.